The van der Waals surface area contributed by atoms with Crippen molar-refractivity contribution in [3.05, 3.63) is 0 Å². The topological polar surface area (TPSA) is 296 Å². The van der Waals surface area contributed by atoms with E-state index in [1.54, 1.807) is 0 Å². The highest BCUT2D eigenvalue weighted by atomic mass is 16.8. The monoisotopic (exact) mass is 645 g/mol. The van der Waals surface area contributed by atoms with E-state index in [-0.39, 0.29) is 0 Å². The summed E-state index contributed by atoms with van der Waals surface area (Å²) < 4.78 is 39.7. The Morgan fingerprint density at radius 2 is 1.18 bits per heavy atom. The van der Waals surface area contributed by atoms with Gasteiger partial charge in [0.1, 0.15) is 79.3 Å². The van der Waals surface area contributed by atoms with Crippen LogP contribution >= 0.6 is 0 Å². The van der Waals surface area contributed by atoms with Gasteiger partial charge in [-0.3, -0.25) is 4.79 Å². The number of ether oxygens (including phenoxy) is 7. The van der Waals surface area contributed by atoms with Crippen LogP contribution in [0, 0.1) is 0 Å². The molecule has 0 aromatic carbocycles. The van der Waals surface area contributed by atoms with E-state index in [1.165, 1.54) is 13.8 Å². The Hall–Kier alpha value is -1.21. The van der Waals surface area contributed by atoms with E-state index in [4.69, 9.17) is 33.2 Å². The Morgan fingerprint density at radius 3 is 1.68 bits per heavy atom. The van der Waals surface area contributed by atoms with Crippen molar-refractivity contribution in [2.75, 3.05) is 13.2 Å². The number of hydrogen-bond acceptors (Lipinski definition) is 18. The van der Waals surface area contributed by atoms with Crippen molar-refractivity contribution >= 4 is 5.91 Å². The largest absolute Gasteiger partial charge is 0.394 e. The molecule has 19 nitrogen and oxygen atoms in total. The van der Waals surface area contributed by atoms with E-state index < -0.39 is 136 Å². The minimum Gasteiger partial charge on any atom is -0.394 e. The maximum absolute atomic E-state index is 12.1. The fourth-order valence-electron chi connectivity index (χ4n) is 5.53. The molecule has 4 heterocycles. The summed E-state index contributed by atoms with van der Waals surface area (Å²) in [7, 11) is 0. The molecule has 4 rings (SSSR count). The SMILES string of the molecule is CC(=O)N[C@@H]1[C@@H](O[C@@H]2OC[C@H](O)[C@H](O)[C@H]2O[C@@H]2O[C@@H](C)[C@@H](O)[C@@H](O)[C@@H]2O)[C@H](O[C@@H]2O[C@@H](C)[C@@H](O)[C@@H](O)[C@@H]2O)[C@@H](CO)O[C@H]1O. The van der Waals surface area contributed by atoms with Gasteiger partial charge in [0.05, 0.1) is 25.4 Å². The first-order valence-corrected chi connectivity index (χ1v) is 14.2. The molecule has 0 spiro atoms. The first-order valence-electron chi connectivity index (χ1n) is 14.2. The lowest BCUT2D eigenvalue weighted by molar-refractivity contribution is -0.381. The molecule has 19 heteroatoms. The molecule has 0 aliphatic carbocycles. The quantitative estimate of drug-likeness (QED) is 0.117. The minimum atomic E-state index is -1.82. The van der Waals surface area contributed by atoms with Gasteiger partial charge in [-0.2, -0.15) is 0 Å². The van der Waals surface area contributed by atoms with Crippen molar-refractivity contribution in [3.8, 4) is 0 Å². The van der Waals surface area contributed by atoms with E-state index in [1.807, 2.05) is 0 Å². The second kappa shape index (κ2) is 14.7. The number of rotatable bonds is 8. The normalized spacial score (nSPS) is 52.0. The van der Waals surface area contributed by atoms with E-state index in [0.717, 1.165) is 6.92 Å². The molecule has 11 N–H and O–H groups in total. The van der Waals surface area contributed by atoms with Crippen LogP contribution in [0.15, 0.2) is 0 Å². The van der Waals surface area contributed by atoms with Gasteiger partial charge in [0.25, 0.3) is 0 Å². The third-order valence-electron chi connectivity index (χ3n) is 8.14. The summed E-state index contributed by atoms with van der Waals surface area (Å²) in [6, 6.07) is -1.46. The molecule has 0 bridgehead atoms. The lowest BCUT2D eigenvalue weighted by atomic mass is 9.95. The number of aliphatic hydroxyl groups is 10. The highest BCUT2D eigenvalue weighted by molar-refractivity contribution is 5.73. The van der Waals surface area contributed by atoms with Crippen molar-refractivity contribution in [2.24, 2.45) is 0 Å². The fourth-order valence-corrected chi connectivity index (χ4v) is 5.53. The highest BCUT2D eigenvalue weighted by Gasteiger charge is 2.54. The Labute approximate surface area is 251 Å². The smallest absolute Gasteiger partial charge is 0.217 e. The van der Waals surface area contributed by atoms with Gasteiger partial charge in [-0.15, -0.1) is 0 Å². The molecule has 0 aromatic heterocycles. The van der Waals surface area contributed by atoms with Crippen LogP contribution < -0.4 is 5.32 Å². The standard InChI is InChI=1S/C25H43NO18/c1-6-12(30)15(33)17(35)23(39-6)42-19-10(4-27)41-22(37)11(26-8(3)28)20(19)43-25-21(14(32)9(29)5-38-25)44-24-18(36)16(34)13(31)7(2)40-24/h6-7,9-25,27,29-37H,4-5H2,1-3H3,(H,26,28)/t6-,7-,9-,10+,11+,12+,13+,14-,15+,16+,17-,18-,19+,20+,21+,22+,23-,24-,25-/m0/s1. The average Bonchev–Trinajstić information content (AvgIpc) is 2.98. The Balaban J connectivity index is 1.64. The summed E-state index contributed by atoms with van der Waals surface area (Å²) in [5.41, 5.74) is 0. The maximum Gasteiger partial charge on any atom is 0.217 e. The van der Waals surface area contributed by atoms with Crippen LogP contribution in [0.3, 0.4) is 0 Å². The zero-order valence-electron chi connectivity index (χ0n) is 24.1. The van der Waals surface area contributed by atoms with Crippen LogP contribution in [-0.4, -0.2) is 187 Å². The van der Waals surface area contributed by atoms with Crippen molar-refractivity contribution in [1.29, 1.82) is 0 Å². The van der Waals surface area contributed by atoms with Gasteiger partial charge < -0.3 is 89.5 Å². The fraction of sp³-hybridized carbons (Fsp3) is 0.960. The summed E-state index contributed by atoms with van der Waals surface area (Å²) in [5, 5.41) is 106. The molecule has 19 atom stereocenters. The van der Waals surface area contributed by atoms with Gasteiger partial charge in [0, 0.05) is 6.92 Å². The van der Waals surface area contributed by atoms with E-state index >= 15 is 0 Å². The van der Waals surface area contributed by atoms with Crippen LogP contribution in [0.1, 0.15) is 20.8 Å². The molecule has 0 aromatic rings. The van der Waals surface area contributed by atoms with Gasteiger partial charge in [0.15, 0.2) is 25.2 Å². The second-order valence-electron chi connectivity index (χ2n) is 11.4. The summed E-state index contributed by atoms with van der Waals surface area (Å²) in [6.45, 7) is 2.61. The van der Waals surface area contributed by atoms with Crippen LogP contribution in [0.5, 0.6) is 0 Å². The maximum atomic E-state index is 12.1. The molecule has 4 aliphatic rings. The van der Waals surface area contributed by atoms with Crippen LogP contribution in [0.4, 0.5) is 0 Å². The van der Waals surface area contributed by atoms with Crippen LogP contribution in [-0.2, 0) is 38.0 Å². The first-order chi connectivity index (χ1) is 20.7. The number of amides is 1. The Morgan fingerprint density at radius 1 is 0.682 bits per heavy atom. The molecule has 0 saturated carbocycles. The molecular weight excluding hydrogens is 602 g/mol. The van der Waals surface area contributed by atoms with Crippen molar-refractivity contribution in [2.45, 2.75) is 137 Å². The minimum absolute atomic E-state index is 0.505. The third kappa shape index (κ3) is 7.34. The van der Waals surface area contributed by atoms with E-state index in [2.05, 4.69) is 5.32 Å². The molecule has 0 radical (unpaired) electrons. The lowest BCUT2D eigenvalue weighted by Gasteiger charge is -2.49. The molecule has 1 amide bonds. The van der Waals surface area contributed by atoms with Gasteiger partial charge in [0.2, 0.25) is 5.91 Å². The highest BCUT2D eigenvalue weighted by Crippen LogP contribution is 2.34. The number of carbonyl (C=O) groups is 1. The molecule has 4 saturated heterocycles. The molecule has 4 aliphatic heterocycles. The number of hydrogen-bond donors (Lipinski definition) is 11. The van der Waals surface area contributed by atoms with E-state index in [0.29, 0.717) is 0 Å². The van der Waals surface area contributed by atoms with E-state index in [9.17, 15) is 55.9 Å². The van der Waals surface area contributed by atoms with Crippen LogP contribution in [0.2, 0.25) is 0 Å². The van der Waals surface area contributed by atoms with Gasteiger partial charge >= 0.3 is 0 Å². The zero-order valence-corrected chi connectivity index (χ0v) is 24.1. The van der Waals surface area contributed by atoms with Crippen molar-refractivity contribution in [1.82, 2.24) is 5.32 Å². The second-order valence-corrected chi connectivity index (χ2v) is 11.4. The number of aliphatic hydroxyl groups excluding tert-OH is 10. The van der Waals surface area contributed by atoms with Crippen molar-refractivity contribution < 1.29 is 89.0 Å². The zero-order chi connectivity index (χ0) is 32.6. The summed E-state index contributed by atoms with van der Waals surface area (Å²) in [4.78, 5) is 12.1. The van der Waals surface area contributed by atoms with Crippen LogP contribution in [0.25, 0.3) is 0 Å². The molecule has 0 unspecified atom stereocenters. The van der Waals surface area contributed by atoms with Gasteiger partial charge in [-0.25, -0.2) is 0 Å². The molecular formula is C25H43NO18. The predicted octanol–water partition coefficient (Wildman–Crippen LogP) is -6.91. The number of nitrogens with one attached hydrogen (secondary N) is 1. The summed E-state index contributed by atoms with van der Waals surface area (Å²) >= 11 is 0. The first kappa shape index (κ1) is 35.6. The Bertz CT molecular complexity index is 949. The van der Waals surface area contributed by atoms with Gasteiger partial charge in [-0.05, 0) is 13.8 Å². The van der Waals surface area contributed by atoms with Crippen molar-refractivity contribution in [3.63, 3.8) is 0 Å². The summed E-state index contributed by atoms with van der Waals surface area (Å²) in [6.07, 6.45) is -28.2. The average molecular weight is 646 g/mol. The molecule has 256 valence electrons. The number of carbonyl (C=O) groups excluding carboxylic acids is 1. The Kier molecular flexibility index (Phi) is 11.9. The molecule has 4 fully saturated rings. The van der Waals surface area contributed by atoms with Gasteiger partial charge in [-0.1, -0.05) is 0 Å². The molecule has 44 heavy (non-hydrogen) atoms. The lowest BCUT2D eigenvalue weighted by Crippen LogP contribution is -2.69. The third-order valence-corrected chi connectivity index (χ3v) is 8.14. The summed E-state index contributed by atoms with van der Waals surface area (Å²) in [5.74, 6) is -0.665. The predicted molar refractivity (Wildman–Crippen MR) is 137 cm³/mol.